The molecule has 0 aromatic heterocycles. The molecule has 14 heavy (non-hydrogen) atoms. The number of aldehydes is 1. The van der Waals surface area contributed by atoms with Crippen LogP contribution in [0.15, 0.2) is 18.2 Å². The lowest BCUT2D eigenvalue weighted by Gasteiger charge is -2.17. The van der Waals surface area contributed by atoms with E-state index in [0.29, 0.717) is 11.3 Å². The van der Waals surface area contributed by atoms with Gasteiger partial charge in [0.1, 0.15) is 5.75 Å². The van der Waals surface area contributed by atoms with Crippen LogP contribution in [0.4, 0.5) is 0 Å². The molecule has 0 fully saturated rings. The maximum absolute atomic E-state index is 10.7. The first-order chi connectivity index (χ1) is 6.49. The van der Waals surface area contributed by atoms with Crippen LogP contribution in [0.3, 0.4) is 0 Å². The van der Waals surface area contributed by atoms with Crippen molar-refractivity contribution >= 4 is 19.5 Å². The minimum Gasteiger partial charge on any atom is -0.496 e. The number of methoxy groups -OCH3 is 1. The molecule has 2 nitrogen and oxygen atoms in total. The third kappa shape index (κ3) is 2.23. The number of hydrogen-bond donors (Lipinski definition) is 0. The Kier molecular flexibility index (Phi) is 3.11. The predicted octanol–water partition coefficient (Wildman–Crippen LogP) is 2.05. The van der Waals surface area contributed by atoms with Gasteiger partial charge < -0.3 is 4.74 Å². The van der Waals surface area contributed by atoms with Crippen LogP contribution < -0.4 is 9.92 Å². The fourth-order valence-corrected chi connectivity index (χ4v) is 2.42. The average molecular weight is 208 g/mol. The minimum atomic E-state index is -1.31. The summed E-state index contributed by atoms with van der Waals surface area (Å²) in [5, 5.41) is 1.31. The predicted molar refractivity (Wildman–Crippen MR) is 61.4 cm³/mol. The van der Waals surface area contributed by atoms with Gasteiger partial charge >= 0.3 is 0 Å². The largest absolute Gasteiger partial charge is 0.496 e. The molecule has 0 heterocycles. The maximum atomic E-state index is 10.7. The molecule has 0 atom stereocenters. The van der Waals surface area contributed by atoms with Gasteiger partial charge in [0, 0.05) is 0 Å². The highest BCUT2D eigenvalue weighted by Crippen LogP contribution is 2.16. The van der Waals surface area contributed by atoms with Crippen molar-refractivity contribution in [2.45, 2.75) is 19.6 Å². The van der Waals surface area contributed by atoms with Crippen LogP contribution in [0.1, 0.15) is 10.4 Å². The van der Waals surface area contributed by atoms with E-state index in [-0.39, 0.29) is 0 Å². The second-order valence-electron chi connectivity index (χ2n) is 4.32. The normalized spacial score (nSPS) is 11.1. The molecule has 1 aromatic carbocycles. The summed E-state index contributed by atoms with van der Waals surface area (Å²) in [6.45, 7) is 6.80. The van der Waals surface area contributed by atoms with Crippen molar-refractivity contribution < 1.29 is 9.53 Å². The molecule has 76 valence electrons. The van der Waals surface area contributed by atoms with E-state index in [4.69, 9.17) is 4.74 Å². The van der Waals surface area contributed by atoms with E-state index in [1.165, 1.54) is 5.19 Å². The lowest BCUT2D eigenvalue weighted by Crippen LogP contribution is -2.37. The molecule has 0 amide bonds. The summed E-state index contributed by atoms with van der Waals surface area (Å²) in [5.41, 5.74) is 0.620. The molecule has 0 aliphatic carbocycles. The van der Waals surface area contributed by atoms with Gasteiger partial charge in [0.05, 0.1) is 20.7 Å². The Morgan fingerprint density at radius 1 is 1.29 bits per heavy atom. The molecule has 0 N–H and O–H groups in total. The topological polar surface area (TPSA) is 26.3 Å². The van der Waals surface area contributed by atoms with Crippen LogP contribution in [0, 0.1) is 0 Å². The van der Waals surface area contributed by atoms with Crippen LogP contribution in [0.2, 0.25) is 19.6 Å². The summed E-state index contributed by atoms with van der Waals surface area (Å²) in [6.07, 6.45) is 0.826. The molecule has 0 bridgehead atoms. The number of ether oxygens (including phenoxy) is 1. The second kappa shape index (κ2) is 3.96. The second-order valence-corrected chi connectivity index (χ2v) is 9.40. The number of carbonyl (C=O) groups is 1. The Labute approximate surface area is 85.9 Å². The van der Waals surface area contributed by atoms with Gasteiger partial charge in [-0.15, -0.1) is 0 Å². The zero-order valence-corrected chi connectivity index (χ0v) is 10.1. The zero-order valence-electron chi connectivity index (χ0n) is 9.13. The van der Waals surface area contributed by atoms with Gasteiger partial charge in [0.25, 0.3) is 0 Å². The smallest absolute Gasteiger partial charge is 0.153 e. The first-order valence-corrected chi connectivity index (χ1v) is 8.12. The standard InChI is InChI=1S/C11H16O2Si/c1-13-11-7-10(14(2,3)4)6-5-9(11)8-12/h5-8H,1-4H3. The Bertz CT molecular complexity index is 340. The summed E-state index contributed by atoms with van der Waals surface area (Å²) in [5.74, 6) is 0.680. The molecule has 0 aliphatic rings. The lowest BCUT2D eigenvalue weighted by atomic mass is 10.2. The highest BCUT2D eigenvalue weighted by atomic mass is 28.3. The number of hydrogen-bond acceptors (Lipinski definition) is 2. The third-order valence-corrected chi connectivity index (χ3v) is 4.27. The number of carbonyl (C=O) groups excluding carboxylic acids is 1. The van der Waals surface area contributed by atoms with E-state index < -0.39 is 8.07 Å². The Balaban J connectivity index is 3.21. The van der Waals surface area contributed by atoms with Crippen molar-refractivity contribution in [3.63, 3.8) is 0 Å². The van der Waals surface area contributed by atoms with Crippen LogP contribution in [-0.4, -0.2) is 21.5 Å². The highest BCUT2D eigenvalue weighted by Gasteiger charge is 2.17. The van der Waals surface area contributed by atoms with E-state index in [1.807, 2.05) is 18.2 Å². The summed E-state index contributed by atoms with van der Waals surface area (Å²) in [7, 11) is 0.281. The Morgan fingerprint density at radius 3 is 2.36 bits per heavy atom. The third-order valence-electron chi connectivity index (χ3n) is 2.23. The van der Waals surface area contributed by atoms with Gasteiger partial charge in [-0.05, 0) is 12.1 Å². The quantitative estimate of drug-likeness (QED) is 0.561. The van der Waals surface area contributed by atoms with Crippen molar-refractivity contribution in [3.8, 4) is 5.75 Å². The highest BCUT2D eigenvalue weighted by molar-refractivity contribution is 6.88. The molecule has 0 saturated heterocycles. The van der Waals surface area contributed by atoms with Crippen molar-refractivity contribution in [3.05, 3.63) is 23.8 Å². The monoisotopic (exact) mass is 208 g/mol. The van der Waals surface area contributed by atoms with E-state index in [1.54, 1.807) is 7.11 Å². The van der Waals surface area contributed by atoms with E-state index in [0.717, 1.165) is 6.29 Å². The fraction of sp³-hybridized carbons (Fsp3) is 0.364. The summed E-state index contributed by atoms with van der Waals surface area (Å²) in [4.78, 5) is 10.7. The van der Waals surface area contributed by atoms with Gasteiger partial charge in [-0.1, -0.05) is 30.9 Å². The number of benzene rings is 1. The van der Waals surface area contributed by atoms with Gasteiger partial charge in [0.2, 0.25) is 0 Å². The van der Waals surface area contributed by atoms with Crippen LogP contribution >= 0.6 is 0 Å². The first kappa shape index (κ1) is 11.0. The summed E-state index contributed by atoms with van der Waals surface area (Å²) < 4.78 is 5.16. The Hall–Kier alpha value is -1.09. The molecule has 1 rings (SSSR count). The summed E-state index contributed by atoms with van der Waals surface area (Å²) >= 11 is 0. The first-order valence-electron chi connectivity index (χ1n) is 4.62. The molecule has 0 unspecified atom stereocenters. The minimum absolute atomic E-state index is 0.620. The lowest BCUT2D eigenvalue weighted by molar-refractivity contribution is 0.112. The molecular weight excluding hydrogens is 192 g/mol. The van der Waals surface area contributed by atoms with Crippen molar-refractivity contribution in [2.24, 2.45) is 0 Å². The Morgan fingerprint density at radius 2 is 1.93 bits per heavy atom. The molecule has 0 radical (unpaired) electrons. The van der Waals surface area contributed by atoms with Gasteiger partial charge in [-0.25, -0.2) is 0 Å². The van der Waals surface area contributed by atoms with Crippen molar-refractivity contribution in [1.29, 1.82) is 0 Å². The molecule has 1 aromatic rings. The zero-order chi connectivity index (χ0) is 10.8. The van der Waals surface area contributed by atoms with Gasteiger partial charge in [-0.2, -0.15) is 0 Å². The maximum Gasteiger partial charge on any atom is 0.153 e. The molecule has 3 heteroatoms. The van der Waals surface area contributed by atoms with Crippen molar-refractivity contribution in [2.75, 3.05) is 7.11 Å². The average Bonchev–Trinajstić information content (AvgIpc) is 2.15. The van der Waals surface area contributed by atoms with E-state index in [9.17, 15) is 4.79 Å². The van der Waals surface area contributed by atoms with Crippen LogP contribution in [-0.2, 0) is 0 Å². The van der Waals surface area contributed by atoms with E-state index >= 15 is 0 Å². The SMILES string of the molecule is COc1cc([Si](C)(C)C)ccc1C=O. The van der Waals surface area contributed by atoms with Crippen LogP contribution in [0.5, 0.6) is 5.75 Å². The van der Waals surface area contributed by atoms with Gasteiger partial charge in [0.15, 0.2) is 6.29 Å². The number of rotatable bonds is 3. The van der Waals surface area contributed by atoms with Gasteiger partial charge in [-0.3, -0.25) is 4.79 Å². The molecule has 0 spiro atoms. The fourth-order valence-electron chi connectivity index (χ4n) is 1.28. The van der Waals surface area contributed by atoms with Crippen molar-refractivity contribution in [1.82, 2.24) is 0 Å². The van der Waals surface area contributed by atoms with E-state index in [2.05, 4.69) is 19.6 Å². The molecular formula is C11H16O2Si. The summed E-state index contributed by atoms with van der Waals surface area (Å²) in [6, 6.07) is 5.84. The molecule has 0 saturated carbocycles. The van der Waals surface area contributed by atoms with Crippen LogP contribution in [0.25, 0.3) is 0 Å². The molecule has 0 aliphatic heterocycles.